The van der Waals surface area contributed by atoms with Crippen molar-refractivity contribution in [1.29, 1.82) is 0 Å². The van der Waals surface area contributed by atoms with E-state index in [0.717, 1.165) is 127 Å². The summed E-state index contributed by atoms with van der Waals surface area (Å²) in [5.74, 6) is 0.0490. The molecule has 17 nitrogen and oxygen atoms in total. The van der Waals surface area contributed by atoms with Crippen LogP contribution in [0.15, 0.2) is 24.3 Å². The Labute approximate surface area is 554 Å². The largest absolute Gasteiger partial charge is 0.472 e. The number of ether oxygens (including phenoxy) is 4. The third-order valence-corrected chi connectivity index (χ3v) is 18.3. The number of aliphatic hydroxyl groups is 1. The predicted molar refractivity (Wildman–Crippen MR) is 367 cm³/mol. The first-order valence-corrected chi connectivity index (χ1v) is 39.7. The summed E-state index contributed by atoms with van der Waals surface area (Å²) in [6, 6.07) is 0. The molecule has 536 valence electrons. The van der Waals surface area contributed by atoms with Gasteiger partial charge in [0.1, 0.15) is 19.3 Å². The van der Waals surface area contributed by atoms with E-state index in [2.05, 4.69) is 72.8 Å². The maximum absolute atomic E-state index is 13.0. The first-order valence-electron chi connectivity index (χ1n) is 36.7. The summed E-state index contributed by atoms with van der Waals surface area (Å²) in [5.41, 5.74) is 0. The molecule has 0 aliphatic carbocycles. The number of carbonyl (C=O) groups excluding carboxylic acids is 4. The molecule has 0 heterocycles. The van der Waals surface area contributed by atoms with Gasteiger partial charge in [-0.15, -0.1) is 0 Å². The molecule has 0 saturated heterocycles. The van der Waals surface area contributed by atoms with E-state index in [9.17, 15) is 43.2 Å². The van der Waals surface area contributed by atoms with Crippen molar-refractivity contribution in [3.8, 4) is 0 Å². The van der Waals surface area contributed by atoms with Crippen LogP contribution in [-0.2, 0) is 65.4 Å². The second-order valence-electron chi connectivity index (χ2n) is 26.5. The van der Waals surface area contributed by atoms with E-state index >= 15 is 0 Å². The highest BCUT2D eigenvalue weighted by Gasteiger charge is 2.30. The second-order valence-corrected chi connectivity index (χ2v) is 29.4. The smallest absolute Gasteiger partial charge is 0.462 e. The van der Waals surface area contributed by atoms with Gasteiger partial charge in [0.25, 0.3) is 0 Å². The van der Waals surface area contributed by atoms with Gasteiger partial charge in [0.15, 0.2) is 12.2 Å². The zero-order chi connectivity index (χ0) is 67.3. The fourth-order valence-electron chi connectivity index (χ4n) is 10.3. The lowest BCUT2D eigenvalue weighted by atomic mass is 10.00. The Hall–Kier alpha value is -2.46. The lowest BCUT2D eigenvalue weighted by Gasteiger charge is -2.21. The van der Waals surface area contributed by atoms with Crippen molar-refractivity contribution in [2.45, 2.75) is 356 Å². The maximum atomic E-state index is 13.0. The van der Waals surface area contributed by atoms with Crippen LogP contribution in [0.2, 0.25) is 0 Å². The van der Waals surface area contributed by atoms with Crippen LogP contribution in [0.5, 0.6) is 0 Å². The van der Waals surface area contributed by atoms with E-state index in [1.54, 1.807) is 0 Å². The standard InChI is InChI=1S/C72H136O17P2/c1-8-10-11-12-13-14-15-16-17-20-23-26-31-39-46-53-69(74)82-59-67(89-72(77)56-49-42-33-28-30-37-44-51-64(5)6)61-86-90(78,79)84-57-66(73)58-85-91(80,81)87-62-68(60-83-70(75)54-47-40-35-34-38-45-52-65(7)9-2)88-71(76)55-48-41-32-27-24-21-18-19-22-25-29-36-43-50-63(3)4/h14-17,63-68,73H,8-13,18-62H2,1-7H3,(H,78,79)(H,80,81)/b15-14-,17-16-/t65?,66-,67-,68-/m1/s1. The summed E-state index contributed by atoms with van der Waals surface area (Å²) in [5, 5.41) is 10.6. The van der Waals surface area contributed by atoms with Gasteiger partial charge in [0.05, 0.1) is 26.4 Å². The highest BCUT2D eigenvalue weighted by molar-refractivity contribution is 7.47. The number of allylic oxidation sites excluding steroid dienone is 4. The molecule has 0 aromatic carbocycles. The molecule has 0 saturated carbocycles. The lowest BCUT2D eigenvalue weighted by Crippen LogP contribution is -2.30. The first-order chi connectivity index (χ1) is 43.8. The summed E-state index contributed by atoms with van der Waals surface area (Å²) < 4.78 is 68.3. The summed E-state index contributed by atoms with van der Waals surface area (Å²) in [7, 11) is -9.92. The first kappa shape index (κ1) is 88.5. The molecule has 0 fully saturated rings. The number of unbranched alkanes of at least 4 members (excludes halogenated alkanes) is 32. The zero-order valence-electron chi connectivity index (χ0n) is 58.8. The Bertz CT molecular complexity index is 1880. The van der Waals surface area contributed by atoms with Crippen molar-refractivity contribution < 1.29 is 80.2 Å². The van der Waals surface area contributed by atoms with Gasteiger partial charge in [-0.1, -0.05) is 285 Å². The average molecular weight is 1340 g/mol. The monoisotopic (exact) mass is 1330 g/mol. The van der Waals surface area contributed by atoms with E-state index in [1.807, 2.05) is 0 Å². The minimum Gasteiger partial charge on any atom is -0.462 e. The van der Waals surface area contributed by atoms with E-state index in [1.165, 1.54) is 122 Å². The summed E-state index contributed by atoms with van der Waals surface area (Å²) in [4.78, 5) is 72.6. The Morgan fingerprint density at radius 1 is 0.363 bits per heavy atom. The fourth-order valence-corrected chi connectivity index (χ4v) is 11.9. The van der Waals surface area contributed by atoms with Crippen molar-refractivity contribution >= 4 is 39.5 Å². The van der Waals surface area contributed by atoms with Gasteiger partial charge >= 0.3 is 39.5 Å². The molecule has 19 heteroatoms. The molecule has 0 bridgehead atoms. The molecule has 0 rings (SSSR count). The van der Waals surface area contributed by atoms with Gasteiger partial charge in [0, 0.05) is 25.7 Å². The van der Waals surface area contributed by atoms with Gasteiger partial charge in [-0.25, -0.2) is 9.13 Å². The van der Waals surface area contributed by atoms with Gasteiger partial charge in [0.2, 0.25) is 0 Å². The normalized spacial score (nSPS) is 14.6. The van der Waals surface area contributed by atoms with Crippen molar-refractivity contribution in [1.82, 2.24) is 0 Å². The summed E-state index contributed by atoms with van der Waals surface area (Å²) in [6.45, 7) is 11.7. The molecule has 0 radical (unpaired) electrons. The van der Waals surface area contributed by atoms with E-state index in [-0.39, 0.29) is 25.7 Å². The van der Waals surface area contributed by atoms with Gasteiger partial charge < -0.3 is 33.8 Å². The van der Waals surface area contributed by atoms with Crippen molar-refractivity contribution in [2.24, 2.45) is 17.8 Å². The van der Waals surface area contributed by atoms with Gasteiger partial charge in [-0.2, -0.15) is 0 Å². The number of phosphoric acid groups is 2. The van der Waals surface area contributed by atoms with Gasteiger partial charge in [-0.05, 0) is 69.1 Å². The molecule has 0 aromatic heterocycles. The van der Waals surface area contributed by atoms with Crippen molar-refractivity contribution in [2.75, 3.05) is 39.6 Å². The third kappa shape index (κ3) is 64.6. The summed E-state index contributed by atoms with van der Waals surface area (Å²) >= 11 is 0. The lowest BCUT2D eigenvalue weighted by molar-refractivity contribution is -0.161. The number of hydrogen-bond donors (Lipinski definition) is 3. The predicted octanol–water partition coefficient (Wildman–Crippen LogP) is 20.2. The Kier molecular flexibility index (Phi) is 60.7. The van der Waals surface area contributed by atoms with Crippen LogP contribution >= 0.6 is 15.6 Å². The van der Waals surface area contributed by atoms with Crippen molar-refractivity contribution in [3.05, 3.63) is 24.3 Å². The number of esters is 4. The third-order valence-electron chi connectivity index (χ3n) is 16.4. The number of rotatable bonds is 68. The van der Waals surface area contributed by atoms with E-state index < -0.39 is 97.5 Å². The van der Waals surface area contributed by atoms with Crippen LogP contribution in [0.4, 0.5) is 0 Å². The van der Waals surface area contributed by atoms with Crippen LogP contribution in [0.25, 0.3) is 0 Å². The minimum atomic E-state index is -4.96. The van der Waals surface area contributed by atoms with Crippen LogP contribution in [0.1, 0.15) is 337 Å². The molecule has 91 heavy (non-hydrogen) atoms. The maximum Gasteiger partial charge on any atom is 0.472 e. The van der Waals surface area contributed by atoms with Crippen LogP contribution < -0.4 is 0 Å². The molecule has 6 atom stereocenters. The Morgan fingerprint density at radius 2 is 0.648 bits per heavy atom. The molecule has 0 aromatic rings. The van der Waals surface area contributed by atoms with Crippen LogP contribution in [0, 0.1) is 17.8 Å². The highest BCUT2D eigenvalue weighted by atomic mass is 31.2. The highest BCUT2D eigenvalue weighted by Crippen LogP contribution is 2.45. The number of aliphatic hydroxyl groups excluding tert-OH is 1. The number of carbonyl (C=O) groups is 4. The Balaban J connectivity index is 5.26. The fraction of sp³-hybridized carbons (Fsp3) is 0.889. The molecule has 3 unspecified atom stereocenters. The van der Waals surface area contributed by atoms with E-state index in [0.29, 0.717) is 31.6 Å². The van der Waals surface area contributed by atoms with Crippen LogP contribution in [-0.4, -0.2) is 96.7 Å². The molecule has 0 aliphatic rings. The molecule has 0 aliphatic heterocycles. The quantitative estimate of drug-likeness (QED) is 0.0169. The topological polar surface area (TPSA) is 237 Å². The molecule has 3 N–H and O–H groups in total. The SMILES string of the molecule is CCCCCC/C=C\C=C/CCCCCCCC(=O)OC[C@H](COP(=O)(O)OC[C@@H](O)COP(=O)(O)OC[C@@H](COC(=O)CCCCCCCCC(C)CC)OC(=O)CCCCCCCCCCCCCCCC(C)C)OC(=O)CCCCCCCCCC(C)C. The summed E-state index contributed by atoms with van der Waals surface area (Å²) in [6.07, 6.45) is 49.5. The molecular weight excluding hydrogens is 1200 g/mol. The number of phosphoric ester groups is 2. The van der Waals surface area contributed by atoms with Gasteiger partial charge in [-0.3, -0.25) is 37.3 Å². The van der Waals surface area contributed by atoms with Crippen molar-refractivity contribution in [3.63, 3.8) is 0 Å². The van der Waals surface area contributed by atoms with E-state index in [4.69, 9.17) is 37.0 Å². The molecule has 0 amide bonds. The molecular formula is C72H136O17P2. The average Bonchev–Trinajstić information content (AvgIpc) is 3.43. The minimum absolute atomic E-state index is 0.0962. The Morgan fingerprint density at radius 3 is 0.978 bits per heavy atom. The second kappa shape index (κ2) is 62.4. The molecule has 0 spiro atoms. The number of hydrogen-bond acceptors (Lipinski definition) is 15. The van der Waals surface area contributed by atoms with Crippen LogP contribution in [0.3, 0.4) is 0 Å². The zero-order valence-corrected chi connectivity index (χ0v) is 60.6.